The molecule has 0 bridgehead atoms. The Kier molecular flexibility index (Phi) is 5.81. The fraction of sp³-hybridized carbons (Fsp3) is 0.933. The second-order valence-electron chi connectivity index (χ2n) is 7.22. The molecular formula is C15H31N3O. The van der Waals surface area contributed by atoms with Gasteiger partial charge in [-0.2, -0.15) is 0 Å². The lowest BCUT2D eigenvalue weighted by molar-refractivity contribution is -0.120. The van der Waals surface area contributed by atoms with Gasteiger partial charge in [0.2, 0.25) is 5.91 Å². The zero-order valence-corrected chi connectivity index (χ0v) is 13.2. The maximum Gasteiger partial charge on any atom is 0.235 e. The van der Waals surface area contributed by atoms with Crippen LogP contribution in [-0.2, 0) is 4.79 Å². The Balaban J connectivity index is 2.44. The third-order valence-corrected chi connectivity index (χ3v) is 4.13. The number of primary amides is 1. The topological polar surface area (TPSA) is 58.4 Å². The van der Waals surface area contributed by atoms with Gasteiger partial charge in [-0.15, -0.1) is 0 Å². The van der Waals surface area contributed by atoms with Crippen LogP contribution in [0.25, 0.3) is 0 Å². The van der Waals surface area contributed by atoms with E-state index in [4.69, 9.17) is 5.73 Å². The molecule has 1 aliphatic heterocycles. The van der Waals surface area contributed by atoms with Crippen LogP contribution in [0.1, 0.15) is 47.5 Å². The molecular weight excluding hydrogens is 238 g/mol. The summed E-state index contributed by atoms with van der Waals surface area (Å²) in [4.78, 5) is 13.8. The van der Waals surface area contributed by atoms with Gasteiger partial charge in [-0.25, -0.2) is 0 Å². The fourth-order valence-electron chi connectivity index (χ4n) is 2.87. The Morgan fingerprint density at radius 3 is 2.21 bits per heavy atom. The molecule has 1 heterocycles. The van der Waals surface area contributed by atoms with Crippen LogP contribution < -0.4 is 11.1 Å². The van der Waals surface area contributed by atoms with Gasteiger partial charge >= 0.3 is 0 Å². The second kappa shape index (κ2) is 6.71. The van der Waals surface area contributed by atoms with E-state index in [0.29, 0.717) is 5.41 Å². The average Bonchev–Trinajstić information content (AvgIpc) is 2.27. The second-order valence-corrected chi connectivity index (χ2v) is 7.22. The number of piperidine rings is 1. The smallest absolute Gasteiger partial charge is 0.235 e. The van der Waals surface area contributed by atoms with Gasteiger partial charge in [-0.05, 0) is 37.3 Å². The molecule has 1 aliphatic rings. The largest absolute Gasteiger partial charge is 0.368 e. The van der Waals surface area contributed by atoms with Crippen LogP contribution >= 0.6 is 0 Å². The molecule has 1 saturated heterocycles. The number of amides is 1. The molecule has 0 spiro atoms. The molecule has 0 radical (unpaired) electrons. The first kappa shape index (κ1) is 16.4. The third kappa shape index (κ3) is 5.49. The van der Waals surface area contributed by atoms with Gasteiger partial charge in [0.05, 0.1) is 6.04 Å². The molecule has 4 heteroatoms. The summed E-state index contributed by atoms with van der Waals surface area (Å²) in [6.07, 6.45) is 2.44. The molecule has 1 unspecified atom stereocenters. The predicted molar refractivity (Wildman–Crippen MR) is 79.9 cm³/mol. The van der Waals surface area contributed by atoms with Crippen molar-refractivity contribution in [3.8, 4) is 0 Å². The van der Waals surface area contributed by atoms with Gasteiger partial charge in [0.1, 0.15) is 0 Å². The molecule has 3 N–H and O–H groups in total. The van der Waals surface area contributed by atoms with Gasteiger partial charge < -0.3 is 16.0 Å². The summed E-state index contributed by atoms with van der Waals surface area (Å²) in [7, 11) is 0. The Morgan fingerprint density at radius 1 is 1.32 bits per heavy atom. The molecule has 0 aliphatic carbocycles. The number of nitrogens with one attached hydrogen (secondary N) is 1. The van der Waals surface area contributed by atoms with Crippen molar-refractivity contribution in [1.29, 1.82) is 0 Å². The first-order valence-electron chi connectivity index (χ1n) is 7.48. The molecule has 0 aromatic heterocycles. The number of hydrogen-bond acceptors (Lipinski definition) is 3. The quantitative estimate of drug-likeness (QED) is 0.797. The van der Waals surface area contributed by atoms with Crippen LogP contribution in [-0.4, -0.2) is 42.5 Å². The van der Waals surface area contributed by atoms with Crippen LogP contribution in [0.15, 0.2) is 0 Å². The van der Waals surface area contributed by atoms with Crippen molar-refractivity contribution in [2.75, 3.05) is 19.6 Å². The highest BCUT2D eigenvalue weighted by molar-refractivity contribution is 5.80. The summed E-state index contributed by atoms with van der Waals surface area (Å²) in [6.45, 7) is 13.9. The Bertz CT molecular complexity index is 288. The zero-order chi connectivity index (χ0) is 14.6. The summed E-state index contributed by atoms with van der Waals surface area (Å²) >= 11 is 0. The van der Waals surface area contributed by atoms with Gasteiger partial charge in [-0.3, -0.25) is 4.79 Å². The predicted octanol–water partition coefficient (Wildman–Crippen LogP) is 1.60. The van der Waals surface area contributed by atoms with Crippen molar-refractivity contribution in [2.45, 2.75) is 59.5 Å². The van der Waals surface area contributed by atoms with E-state index in [9.17, 15) is 4.79 Å². The minimum absolute atomic E-state index is 0.230. The molecule has 0 saturated carbocycles. The lowest BCUT2D eigenvalue weighted by atomic mass is 9.75. The van der Waals surface area contributed by atoms with Crippen molar-refractivity contribution >= 4 is 5.91 Å². The third-order valence-electron chi connectivity index (χ3n) is 4.13. The van der Waals surface area contributed by atoms with Crippen LogP contribution in [0.4, 0.5) is 0 Å². The number of hydrogen-bond donors (Lipinski definition) is 2. The minimum atomic E-state index is -0.244. The lowest BCUT2D eigenvalue weighted by Crippen LogP contribution is -2.52. The molecule has 4 nitrogen and oxygen atoms in total. The number of likely N-dealkylation sites (tertiary alicyclic amines) is 1. The van der Waals surface area contributed by atoms with Crippen molar-refractivity contribution in [3.05, 3.63) is 0 Å². The molecule has 112 valence electrons. The van der Waals surface area contributed by atoms with E-state index in [1.54, 1.807) is 0 Å². The van der Waals surface area contributed by atoms with Gasteiger partial charge in [0.15, 0.2) is 0 Å². The zero-order valence-electron chi connectivity index (χ0n) is 13.2. The monoisotopic (exact) mass is 269 g/mol. The molecule has 1 fully saturated rings. The van der Waals surface area contributed by atoms with Crippen molar-refractivity contribution in [3.63, 3.8) is 0 Å². The first-order chi connectivity index (χ1) is 8.70. The molecule has 1 atom stereocenters. The van der Waals surface area contributed by atoms with Gasteiger partial charge in [-0.1, -0.05) is 34.6 Å². The van der Waals surface area contributed by atoms with Gasteiger partial charge in [0.25, 0.3) is 0 Å². The number of carbonyl (C=O) groups is 1. The highest BCUT2D eigenvalue weighted by atomic mass is 16.1. The number of rotatable bonds is 5. The number of carbonyl (C=O) groups excluding carboxylic acids is 1. The maximum absolute atomic E-state index is 11.5. The maximum atomic E-state index is 11.5. The van der Waals surface area contributed by atoms with Crippen molar-refractivity contribution < 1.29 is 4.79 Å². The molecule has 19 heavy (non-hydrogen) atoms. The normalized spacial score (nSPS) is 20.7. The molecule has 1 rings (SSSR count). The molecule has 0 aromatic rings. The summed E-state index contributed by atoms with van der Waals surface area (Å²) in [6, 6.07) is 0.0517. The van der Waals surface area contributed by atoms with E-state index in [-0.39, 0.29) is 18.0 Å². The Hall–Kier alpha value is -0.610. The average molecular weight is 269 g/mol. The Labute approximate surface area is 118 Å². The van der Waals surface area contributed by atoms with E-state index in [2.05, 4.69) is 31.0 Å². The fourth-order valence-corrected chi connectivity index (χ4v) is 2.87. The Morgan fingerprint density at radius 2 is 1.84 bits per heavy atom. The van der Waals surface area contributed by atoms with E-state index in [1.165, 1.54) is 12.8 Å². The van der Waals surface area contributed by atoms with Crippen LogP contribution in [0.2, 0.25) is 0 Å². The number of nitrogens with two attached hydrogens (primary N) is 1. The number of nitrogens with zero attached hydrogens (tertiary/aromatic N) is 1. The van der Waals surface area contributed by atoms with Crippen LogP contribution in [0, 0.1) is 11.3 Å². The molecule has 1 amide bonds. The SMILES string of the molecule is CC(C)NC(CN1CCC(C(C)(C)C)CC1)C(N)=O. The lowest BCUT2D eigenvalue weighted by Gasteiger charge is -2.39. The first-order valence-corrected chi connectivity index (χ1v) is 7.48. The van der Waals surface area contributed by atoms with Crippen LogP contribution in [0.5, 0.6) is 0 Å². The highest BCUT2D eigenvalue weighted by Crippen LogP contribution is 2.34. The summed E-state index contributed by atoms with van der Waals surface area (Å²) in [5.41, 5.74) is 5.86. The van der Waals surface area contributed by atoms with E-state index in [0.717, 1.165) is 25.6 Å². The summed E-state index contributed by atoms with van der Waals surface area (Å²) < 4.78 is 0. The van der Waals surface area contributed by atoms with Crippen molar-refractivity contribution in [2.24, 2.45) is 17.1 Å². The highest BCUT2D eigenvalue weighted by Gasteiger charge is 2.30. The van der Waals surface area contributed by atoms with Gasteiger partial charge in [0, 0.05) is 12.6 Å². The molecule has 0 aromatic carbocycles. The standard InChI is InChI=1S/C15H31N3O/c1-11(2)17-13(14(16)19)10-18-8-6-12(7-9-18)15(3,4)5/h11-13,17H,6-10H2,1-5H3,(H2,16,19). The van der Waals surface area contributed by atoms with Crippen molar-refractivity contribution in [1.82, 2.24) is 10.2 Å². The van der Waals surface area contributed by atoms with Crippen LogP contribution in [0.3, 0.4) is 0 Å². The van der Waals surface area contributed by atoms with E-state index < -0.39 is 0 Å². The summed E-state index contributed by atoms with van der Waals surface area (Å²) in [5.74, 6) is 0.542. The van der Waals surface area contributed by atoms with E-state index >= 15 is 0 Å². The summed E-state index contributed by atoms with van der Waals surface area (Å²) in [5, 5.41) is 3.25. The minimum Gasteiger partial charge on any atom is -0.368 e. The van der Waals surface area contributed by atoms with E-state index in [1.807, 2.05) is 13.8 Å².